The van der Waals surface area contributed by atoms with Gasteiger partial charge in [-0.15, -0.1) is 0 Å². The van der Waals surface area contributed by atoms with Crippen molar-refractivity contribution in [1.29, 1.82) is 5.26 Å². The van der Waals surface area contributed by atoms with Crippen LogP contribution in [0.3, 0.4) is 0 Å². The standard InChI is InChI=1S/C11H8BrNO2/c12-10-8(2-1-3-9(10)15)11(6-13)4-7(14)5-11/h1-3,15H,4-5H2. The van der Waals surface area contributed by atoms with E-state index >= 15 is 0 Å². The van der Waals surface area contributed by atoms with Gasteiger partial charge in [-0.3, -0.25) is 4.79 Å². The van der Waals surface area contributed by atoms with E-state index in [-0.39, 0.29) is 24.4 Å². The van der Waals surface area contributed by atoms with Crippen LogP contribution in [-0.4, -0.2) is 10.9 Å². The highest BCUT2D eigenvalue weighted by atomic mass is 79.9. The fourth-order valence-electron chi connectivity index (χ4n) is 1.84. The molecular weight excluding hydrogens is 258 g/mol. The average Bonchev–Trinajstić information content (AvgIpc) is 2.17. The minimum atomic E-state index is -0.741. The monoisotopic (exact) mass is 265 g/mol. The number of hydrogen-bond acceptors (Lipinski definition) is 3. The summed E-state index contributed by atoms with van der Waals surface area (Å²) in [5.74, 6) is 0.188. The van der Waals surface area contributed by atoms with Gasteiger partial charge in [0, 0.05) is 12.8 Å². The number of Topliss-reactive ketones (excluding diaryl/α,β-unsaturated/α-hetero) is 1. The Bertz CT molecular complexity index is 468. The Morgan fingerprint density at radius 2 is 2.13 bits per heavy atom. The molecule has 1 fully saturated rings. The lowest BCUT2D eigenvalue weighted by Gasteiger charge is -2.34. The first-order valence-electron chi connectivity index (χ1n) is 4.50. The third kappa shape index (κ3) is 1.44. The van der Waals surface area contributed by atoms with Crippen molar-refractivity contribution in [3.63, 3.8) is 0 Å². The van der Waals surface area contributed by atoms with Crippen LogP contribution >= 0.6 is 15.9 Å². The topological polar surface area (TPSA) is 61.1 Å². The number of aromatic hydroxyl groups is 1. The maximum atomic E-state index is 11.0. The number of benzene rings is 1. The van der Waals surface area contributed by atoms with Gasteiger partial charge in [0.25, 0.3) is 0 Å². The van der Waals surface area contributed by atoms with Gasteiger partial charge in [-0.2, -0.15) is 5.26 Å². The largest absolute Gasteiger partial charge is 0.507 e. The van der Waals surface area contributed by atoms with Gasteiger partial charge in [-0.1, -0.05) is 12.1 Å². The van der Waals surface area contributed by atoms with E-state index in [2.05, 4.69) is 22.0 Å². The van der Waals surface area contributed by atoms with Crippen LogP contribution in [0.4, 0.5) is 0 Å². The Morgan fingerprint density at radius 1 is 1.47 bits per heavy atom. The summed E-state index contributed by atoms with van der Waals surface area (Å²) in [6.07, 6.45) is 0.483. The second kappa shape index (κ2) is 3.35. The smallest absolute Gasteiger partial charge is 0.136 e. The molecule has 1 N–H and O–H groups in total. The molecule has 0 atom stereocenters. The van der Waals surface area contributed by atoms with E-state index in [0.29, 0.717) is 10.0 Å². The zero-order chi connectivity index (χ0) is 11.1. The van der Waals surface area contributed by atoms with Crippen molar-refractivity contribution in [1.82, 2.24) is 0 Å². The first-order valence-corrected chi connectivity index (χ1v) is 5.29. The Balaban J connectivity index is 2.50. The molecule has 0 bridgehead atoms. The van der Waals surface area contributed by atoms with E-state index in [4.69, 9.17) is 5.26 Å². The Morgan fingerprint density at radius 3 is 2.67 bits per heavy atom. The highest BCUT2D eigenvalue weighted by molar-refractivity contribution is 9.10. The molecule has 0 radical (unpaired) electrons. The highest BCUT2D eigenvalue weighted by Crippen LogP contribution is 2.45. The maximum Gasteiger partial charge on any atom is 0.136 e. The van der Waals surface area contributed by atoms with E-state index in [1.807, 2.05) is 0 Å². The fraction of sp³-hybridized carbons (Fsp3) is 0.273. The number of ketones is 1. The fourth-order valence-corrected chi connectivity index (χ4v) is 2.48. The minimum absolute atomic E-state index is 0.0896. The molecule has 0 spiro atoms. The Hall–Kier alpha value is -1.34. The van der Waals surface area contributed by atoms with E-state index in [1.54, 1.807) is 18.2 Å². The molecule has 0 aliphatic heterocycles. The van der Waals surface area contributed by atoms with Gasteiger partial charge in [-0.05, 0) is 27.6 Å². The van der Waals surface area contributed by atoms with Gasteiger partial charge in [0.1, 0.15) is 11.5 Å². The maximum absolute atomic E-state index is 11.0. The molecule has 0 saturated heterocycles. The van der Waals surface area contributed by atoms with Gasteiger partial charge < -0.3 is 5.11 Å². The van der Waals surface area contributed by atoms with Crippen molar-refractivity contribution < 1.29 is 9.90 Å². The van der Waals surface area contributed by atoms with Gasteiger partial charge in [0.2, 0.25) is 0 Å². The molecule has 0 aromatic heterocycles. The number of hydrogen-bond donors (Lipinski definition) is 1. The van der Waals surface area contributed by atoms with Crippen molar-refractivity contribution in [2.75, 3.05) is 0 Å². The second-order valence-electron chi connectivity index (χ2n) is 3.72. The molecule has 1 aliphatic rings. The number of rotatable bonds is 1. The SMILES string of the molecule is N#CC1(c2cccc(O)c2Br)CC(=O)C1. The molecule has 1 saturated carbocycles. The summed E-state index contributed by atoms with van der Waals surface area (Å²) < 4.78 is 0.513. The van der Waals surface area contributed by atoms with Crippen LogP contribution in [0.5, 0.6) is 5.75 Å². The normalized spacial score (nSPS) is 18.0. The average molecular weight is 266 g/mol. The van der Waals surface area contributed by atoms with Crippen LogP contribution in [0.15, 0.2) is 22.7 Å². The number of phenolic OH excluding ortho intramolecular Hbond substituents is 1. The second-order valence-corrected chi connectivity index (χ2v) is 4.52. The molecule has 4 heteroatoms. The first-order chi connectivity index (χ1) is 7.09. The quantitative estimate of drug-likeness (QED) is 0.848. The lowest BCUT2D eigenvalue weighted by Crippen LogP contribution is -2.40. The van der Waals surface area contributed by atoms with Crippen LogP contribution in [0.2, 0.25) is 0 Å². The number of carbonyl (C=O) groups excluding carboxylic acids is 1. The van der Waals surface area contributed by atoms with Crippen molar-refractivity contribution in [2.45, 2.75) is 18.3 Å². The number of nitriles is 1. The van der Waals surface area contributed by atoms with Gasteiger partial charge >= 0.3 is 0 Å². The molecule has 15 heavy (non-hydrogen) atoms. The predicted molar refractivity (Wildman–Crippen MR) is 57.3 cm³/mol. The van der Waals surface area contributed by atoms with Crippen molar-refractivity contribution in [3.8, 4) is 11.8 Å². The van der Waals surface area contributed by atoms with Crippen LogP contribution in [0.1, 0.15) is 18.4 Å². The molecule has 1 aliphatic carbocycles. The van der Waals surface area contributed by atoms with Crippen molar-refractivity contribution in [3.05, 3.63) is 28.2 Å². The molecule has 1 aromatic rings. The first kappa shape index (κ1) is 10.2. The molecule has 0 heterocycles. The van der Waals surface area contributed by atoms with E-state index < -0.39 is 5.41 Å². The van der Waals surface area contributed by atoms with Gasteiger partial charge in [0.05, 0.1) is 16.0 Å². The molecule has 1 aromatic carbocycles. The van der Waals surface area contributed by atoms with Gasteiger partial charge in [0.15, 0.2) is 0 Å². The third-order valence-electron chi connectivity index (χ3n) is 2.71. The summed E-state index contributed by atoms with van der Waals surface area (Å²) in [5, 5.41) is 18.6. The number of phenols is 1. The summed E-state index contributed by atoms with van der Waals surface area (Å²) in [6, 6.07) is 7.15. The zero-order valence-electron chi connectivity index (χ0n) is 7.83. The summed E-state index contributed by atoms with van der Waals surface area (Å²) >= 11 is 3.24. The summed E-state index contributed by atoms with van der Waals surface area (Å²) in [5.41, 5.74) is -0.0427. The van der Waals surface area contributed by atoms with Gasteiger partial charge in [-0.25, -0.2) is 0 Å². The summed E-state index contributed by atoms with van der Waals surface area (Å²) in [4.78, 5) is 11.0. The molecular formula is C11H8BrNO2. The molecule has 0 amide bonds. The van der Waals surface area contributed by atoms with E-state index in [1.165, 1.54) is 0 Å². The number of carbonyl (C=O) groups is 1. The van der Waals surface area contributed by atoms with Crippen molar-refractivity contribution in [2.24, 2.45) is 0 Å². The molecule has 76 valence electrons. The predicted octanol–water partition coefficient (Wildman–Crippen LogP) is 2.28. The highest BCUT2D eigenvalue weighted by Gasteiger charge is 2.46. The third-order valence-corrected chi connectivity index (χ3v) is 3.54. The van der Waals surface area contributed by atoms with Crippen LogP contribution in [-0.2, 0) is 10.2 Å². The zero-order valence-corrected chi connectivity index (χ0v) is 9.41. The molecule has 3 nitrogen and oxygen atoms in total. The lowest BCUT2D eigenvalue weighted by molar-refractivity contribution is -0.126. The van der Waals surface area contributed by atoms with E-state index in [0.717, 1.165) is 0 Å². The summed E-state index contributed by atoms with van der Waals surface area (Å²) in [7, 11) is 0. The molecule has 2 rings (SSSR count). The van der Waals surface area contributed by atoms with E-state index in [9.17, 15) is 9.90 Å². The Kier molecular flexibility index (Phi) is 2.28. The van der Waals surface area contributed by atoms with Crippen LogP contribution in [0, 0.1) is 11.3 Å². The number of halogens is 1. The lowest BCUT2D eigenvalue weighted by atomic mass is 9.65. The van der Waals surface area contributed by atoms with Crippen LogP contribution < -0.4 is 0 Å². The Labute approximate surface area is 95.5 Å². The number of nitrogens with zero attached hydrogens (tertiary/aromatic N) is 1. The summed E-state index contributed by atoms with van der Waals surface area (Å²) in [6.45, 7) is 0. The minimum Gasteiger partial charge on any atom is -0.507 e. The van der Waals surface area contributed by atoms with Crippen LogP contribution in [0.25, 0.3) is 0 Å². The molecule has 0 unspecified atom stereocenters. The van der Waals surface area contributed by atoms with Crippen molar-refractivity contribution >= 4 is 21.7 Å².